The Morgan fingerprint density at radius 1 is 0.879 bits per heavy atom. The zero-order valence-electron chi connectivity index (χ0n) is 19.4. The molecule has 1 aliphatic carbocycles. The van der Waals surface area contributed by atoms with Crippen molar-refractivity contribution in [1.29, 1.82) is 0 Å². The molecule has 1 heterocycles. The Morgan fingerprint density at radius 3 is 2.15 bits per heavy atom. The van der Waals surface area contributed by atoms with Crippen molar-refractivity contribution in [2.45, 2.75) is 43.9 Å². The van der Waals surface area contributed by atoms with Gasteiger partial charge in [-0.15, -0.1) is 0 Å². The van der Waals surface area contributed by atoms with E-state index in [0.717, 1.165) is 43.6 Å². The minimum absolute atomic E-state index is 0.156. The van der Waals surface area contributed by atoms with E-state index in [9.17, 15) is 4.79 Å². The Balaban J connectivity index is 1.37. The van der Waals surface area contributed by atoms with Crippen LogP contribution < -0.4 is 5.73 Å². The monoisotopic (exact) mass is 438 g/mol. The Bertz CT molecular complexity index is 1050. The molecule has 3 aromatic carbocycles. The minimum atomic E-state index is -0.802. The molecule has 1 amide bonds. The molecule has 5 rings (SSSR count). The van der Waals surface area contributed by atoms with Gasteiger partial charge in [0.25, 0.3) is 0 Å². The van der Waals surface area contributed by atoms with Crippen molar-refractivity contribution in [2.24, 2.45) is 11.7 Å². The van der Waals surface area contributed by atoms with Crippen LogP contribution in [0.2, 0.25) is 0 Å². The first-order chi connectivity index (χ1) is 16.2. The molecule has 0 unspecified atom stereocenters. The lowest BCUT2D eigenvalue weighted by atomic mass is 9.64. The van der Waals surface area contributed by atoms with Gasteiger partial charge in [0, 0.05) is 13.1 Å². The van der Waals surface area contributed by atoms with E-state index < -0.39 is 5.41 Å². The molecule has 2 N–H and O–H groups in total. The highest BCUT2D eigenvalue weighted by molar-refractivity contribution is 5.91. The van der Waals surface area contributed by atoms with Crippen LogP contribution in [0.3, 0.4) is 0 Å². The highest BCUT2D eigenvalue weighted by Gasteiger charge is 2.49. The average Bonchev–Trinajstić information content (AvgIpc) is 3.33. The number of aryl methyl sites for hydroxylation is 2. The third kappa shape index (κ3) is 4.22. The fourth-order valence-electron chi connectivity index (χ4n) is 6.14. The molecule has 1 aliphatic heterocycles. The number of likely N-dealkylation sites (tertiary alicyclic amines) is 1. The molecule has 3 heteroatoms. The van der Waals surface area contributed by atoms with Crippen molar-refractivity contribution in [3.63, 3.8) is 0 Å². The number of rotatable bonds is 7. The lowest BCUT2D eigenvalue weighted by Gasteiger charge is -2.37. The molecule has 0 bridgehead atoms. The smallest absolute Gasteiger partial charge is 0.232 e. The third-order valence-corrected chi connectivity index (χ3v) is 7.86. The molecule has 0 aromatic heterocycles. The molecule has 0 saturated carbocycles. The summed E-state index contributed by atoms with van der Waals surface area (Å²) in [5.41, 5.74) is 12.0. The Kier molecular flexibility index (Phi) is 6.32. The van der Waals surface area contributed by atoms with Gasteiger partial charge in [0.15, 0.2) is 0 Å². The molecule has 170 valence electrons. The maximum absolute atomic E-state index is 13.2. The summed E-state index contributed by atoms with van der Waals surface area (Å²) < 4.78 is 0. The molecule has 0 spiro atoms. The summed E-state index contributed by atoms with van der Waals surface area (Å²) in [6.07, 6.45) is 7.13. The maximum Gasteiger partial charge on any atom is 0.232 e. The Morgan fingerprint density at radius 2 is 1.52 bits per heavy atom. The molecule has 33 heavy (non-hydrogen) atoms. The Labute approximate surface area is 197 Å². The average molecular weight is 439 g/mol. The van der Waals surface area contributed by atoms with Gasteiger partial charge in [-0.1, -0.05) is 78.9 Å². The molecular formula is C30H34N2O. The van der Waals surface area contributed by atoms with Gasteiger partial charge < -0.3 is 10.6 Å². The number of primary amides is 1. The van der Waals surface area contributed by atoms with Crippen LogP contribution in [0.5, 0.6) is 0 Å². The van der Waals surface area contributed by atoms with Crippen molar-refractivity contribution >= 4 is 5.91 Å². The van der Waals surface area contributed by atoms with E-state index in [1.54, 1.807) is 11.1 Å². The van der Waals surface area contributed by atoms with Crippen molar-refractivity contribution in [3.8, 4) is 0 Å². The SMILES string of the molecule is NC(=O)C(c1ccccc1)(c1ccccc1)[C@@H]1CCN(CCc2ccc3c(c2)CCCC3)C1. The van der Waals surface area contributed by atoms with E-state index in [-0.39, 0.29) is 11.8 Å². The van der Waals surface area contributed by atoms with E-state index in [0.29, 0.717) is 0 Å². The van der Waals surface area contributed by atoms with Crippen LogP contribution in [-0.2, 0) is 29.5 Å². The van der Waals surface area contributed by atoms with Crippen molar-refractivity contribution in [3.05, 3.63) is 107 Å². The third-order valence-electron chi connectivity index (χ3n) is 7.86. The van der Waals surface area contributed by atoms with Crippen molar-refractivity contribution < 1.29 is 4.79 Å². The van der Waals surface area contributed by atoms with E-state index in [4.69, 9.17) is 5.73 Å². The van der Waals surface area contributed by atoms with E-state index in [2.05, 4.69) is 47.4 Å². The lowest BCUT2D eigenvalue weighted by molar-refractivity contribution is -0.123. The number of nitrogens with zero attached hydrogens (tertiary/aromatic N) is 1. The number of benzene rings is 3. The first-order valence-electron chi connectivity index (χ1n) is 12.4. The molecular weight excluding hydrogens is 404 g/mol. The summed E-state index contributed by atoms with van der Waals surface area (Å²) in [5.74, 6) is -0.0928. The number of hydrogen-bond donors (Lipinski definition) is 1. The summed E-state index contributed by atoms with van der Waals surface area (Å²) in [5, 5.41) is 0. The summed E-state index contributed by atoms with van der Waals surface area (Å²) in [7, 11) is 0. The summed E-state index contributed by atoms with van der Waals surface area (Å²) >= 11 is 0. The normalized spacial score (nSPS) is 18.7. The van der Waals surface area contributed by atoms with Crippen LogP contribution in [-0.4, -0.2) is 30.4 Å². The van der Waals surface area contributed by atoms with Crippen LogP contribution in [0.1, 0.15) is 47.1 Å². The lowest BCUT2D eigenvalue weighted by Crippen LogP contribution is -2.49. The van der Waals surface area contributed by atoms with Gasteiger partial charge in [-0.2, -0.15) is 0 Å². The first-order valence-corrected chi connectivity index (χ1v) is 12.4. The molecule has 1 atom stereocenters. The first kappa shape index (κ1) is 21.9. The van der Waals surface area contributed by atoms with Crippen LogP contribution >= 0.6 is 0 Å². The van der Waals surface area contributed by atoms with Crippen LogP contribution in [0, 0.1) is 5.92 Å². The van der Waals surface area contributed by atoms with Gasteiger partial charge in [-0.25, -0.2) is 0 Å². The number of hydrogen-bond acceptors (Lipinski definition) is 2. The second-order valence-electron chi connectivity index (χ2n) is 9.75. The quantitative estimate of drug-likeness (QED) is 0.570. The van der Waals surface area contributed by atoms with Gasteiger partial charge >= 0.3 is 0 Å². The fraction of sp³-hybridized carbons (Fsp3) is 0.367. The predicted octanol–water partition coefficient (Wildman–Crippen LogP) is 4.90. The van der Waals surface area contributed by atoms with Gasteiger partial charge in [0.1, 0.15) is 5.41 Å². The Hall–Kier alpha value is -2.91. The van der Waals surface area contributed by atoms with Gasteiger partial charge in [-0.05, 0) is 78.8 Å². The van der Waals surface area contributed by atoms with Crippen LogP contribution in [0.4, 0.5) is 0 Å². The van der Waals surface area contributed by atoms with E-state index in [1.165, 1.54) is 31.2 Å². The second-order valence-corrected chi connectivity index (χ2v) is 9.75. The zero-order chi connectivity index (χ0) is 22.7. The van der Waals surface area contributed by atoms with Gasteiger partial charge in [-0.3, -0.25) is 4.79 Å². The van der Waals surface area contributed by atoms with E-state index in [1.807, 2.05) is 36.4 Å². The number of carbonyl (C=O) groups excluding carboxylic acids is 1. The van der Waals surface area contributed by atoms with Crippen LogP contribution in [0.25, 0.3) is 0 Å². The molecule has 1 saturated heterocycles. The molecule has 3 aromatic rings. The number of nitrogens with two attached hydrogens (primary N) is 1. The minimum Gasteiger partial charge on any atom is -0.369 e. The van der Waals surface area contributed by atoms with Gasteiger partial charge in [0.05, 0.1) is 0 Å². The summed E-state index contributed by atoms with van der Waals surface area (Å²) in [6, 6.07) is 27.4. The second kappa shape index (κ2) is 9.52. The fourth-order valence-corrected chi connectivity index (χ4v) is 6.14. The predicted molar refractivity (Wildman–Crippen MR) is 134 cm³/mol. The number of fused-ring (bicyclic) bond motifs is 1. The molecule has 3 nitrogen and oxygen atoms in total. The molecule has 1 fully saturated rings. The highest BCUT2D eigenvalue weighted by Crippen LogP contribution is 2.43. The van der Waals surface area contributed by atoms with E-state index >= 15 is 0 Å². The number of amides is 1. The van der Waals surface area contributed by atoms with Crippen molar-refractivity contribution in [2.75, 3.05) is 19.6 Å². The van der Waals surface area contributed by atoms with Gasteiger partial charge in [0.2, 0.25) is 5.91 Å². The number of carbonyl (C=O) groups is 1. The molecule has 0 radical (unpaired) electrons. The maximum atomic E-state index is 13.2. The van der Waals surface area contributed by atoms with Crippen molar-refractivity contribution in [1.82, 2.24) is 4.90 Å². The zero-order valence-corrected chi connectivity index (χ0v) is 19.4. The highest BCUT2D eigenvalue weighted by atomic mass is 16.1. The standard InChI is InChI=1S/C30H34N2O/c31-29(33)30(26-11-3-1-4-12-26,27-13-5-2-6-14-27)28-18-20-32(22-28)19-17-23-15-16-24-9-7-8-10-25(24)21-23/h1-6,11-16,21,28H,7-10,17-20,22H2,(H2,31,33)/t28-/m1/s1. The largest absolute Gasteiger partial charge is 0.369 e. The van der Waals surface area contributed by atoms with Crippen LogP contribution in [0.15, 0.2) is 78.9 Å². The summed E-state index contributed by atoms with van der Waals surface area (Å²) in [6.45, 7) is 2.91. The summed E-state index contributed by atoms with van der Waals surface area (Å²) in [4.78, 5) is 15.8. The molecule has 2 aliphatic rings. The topological polar surface area (TPSA) is 46.3 Å².